The van der Waals surface area contributed by atoms with Crippen LogP contribution in [0.5, 0.6) is 11.5 Å². The van der Waals surface area contributed by atoms with E-state index in [1.165, 1.54) is 0 Å². The number of hydrogen-bond donors (Lipinski definition) is 3. The van der Waals surface area contributed by atoms with Gasteiger partial charge in [-0.3, -0.25) is 14.5 Å². The molecule has 1 fully saturated rings. The van der Waals surface area contributed by atoms with Crippen LogP contribution in [-0.4, -0.2) is 53.3 Å². The van der Waals surface area contributed by atoms with Gasteiger partial charge in [-0.1, -0.05) is 19.9 Å². The molecule has 2 aliphatic heterocycles. The molecule has 146 valence electrons. The summed E-state index contributed by atoms with van der Waals surface area (Å²) in [7, 11) is 0. The van der Waals surface area contributed by atoms with Crippen molar-refractivity contribution in [2.75, 3.05) is 13.4 Å². The Morgan fingerprint density at radius 3 is 2.78 bits per heavy atom. The van der Waals surface area contributed by atoms with Crippen LogP contribution in [0.4, 0.5) is 4.79 Å². The molecule has 27 heavy (non-hydrogen) atoms. The van der Waals surface area contributed by atoms with Crippen LogP contribution in [-0.2, 0) is 16.1 Å². The van der Waals surface area contributed by atoms with E-state index in [1.54, 1.807) is 18.2 Å². The molecule has 9 heteroatoms. The lowest BCUT2D eigenvalue weighted by atomic mass is 10.0. The average Bonchev–Trinajstić information content (AvgIpc) is 3.19. The molecule has 9 nitrogen and oxygen atoms in total. The van der Waals surface area contributed by atoms with Crippen LogP contribution < -0.4 is 20.1 Å². The Morgan fingerprint density at radius 2 is 2.07 bits per heavy atom. The van der Waals surface area contributed by atoms with Crippen molar-refractivity contribution < 1.29 is 29.0 Å². The minimum atomic E-state index is -0.919. The van der Waals surface area contributed by atoms with Gasteiger partial charge in [0.2, 0.25) is 12.7 Å². The summed E-state index contributed by atoms with van der Waals surface area (Å²) in [5, 5.41) is 14.5. The number of urea groups is 1. The number of fused-ring (bicyclic) bond motifs is 1. The van der Waals surface area contributed by atoms with E-state index in [4.69, 9.17) is 9.47 Å². The molecule has 3 rings (SSSR count). The van der Waals surface area contributed by atoms with Crippen LogP contribution in [0.15, 0.2) is 18.2 Å². The summed E-state index contributed by atoms with van der Waals surface area (Å²) in [6.07, 6.45) is -0.175. The lowest BCUT2D eigenvalue weighted by Crippen LogP contribution is -2.44. The summed E-state index contributed by atoms with van der Waals surface area (Å²) in [6.45, 7) is 3.77. The molecule has 0 unspecified atom stereocenters. The minimum absolute atomic E-state index is 0.0512. The third-order valence-electron chi connectivity index (χ3n) is 4.62. The van der Waals surface area contributed by atoms with Gasteiger partial charge in [-0.2, -0.15) is 0 Å². The van der Waals surface area contributed by atoms with Gasteiger partial charge >= 0.3 is 6.03 Å². The highest BCUT2D eigenvalue weighted by Crippen LogP contribution is 2.33. The van der Waals surface area contributed by atoms with Gasteiger partial charge in [-0.15, -0.1) is 0 Å². The Kier molecular flexibility index (Phi) is 5.50. The Balaban J connectivity index is 1.60. The Bertz CT molecular complexity index is 751. The van der Waals surface area contributed by atoms with Crippen molar-refractivity contribution in [2.45, 2.75) is 38.9 Å². The number of hydrogen-bond acceptors (Lipinski definition) is 6. The maximum atomic E-state index is 12.5. The molecule has 0 radical (unpaired) electrons. The number of nitrogens with one attached hydrogen (secondary N) is 2. The lowest BCUT2D eigenvalue weighted by Gasteiger charge is -2.20. The second-order valence-electron chi connectivity index (χ2n) is 6.92. The van der Waals surface area contributed by atoms with Crippen molar-refractivity contribution >= 4 is 17.8 Å². The molecule has 0 saturated carbocycles. The van der Waals surface area contributed by atoms with Gasteiger partial charge in [0.25, 0.3) is 5.91 Å². The van der Waals surface area contributed by atoms with Crippen molar-refractivity contribution in [3.05, 3.63) is 23.8 Å². The van der Waals surface area contributed by atoms with E-state index >= 15 is 0 Å². The Labute approximate surface area is 156 Å². The van der Waals surface area contributed by atoms with Gasteiger partial charge in [0.15, 0.2) is 11.5 Å². The summed E-state index contributed by atoms with van der Waals surface area (Å²) in [5.41, 5.74) is 0.716. The summed E-state index contributed by atoms with van der Waals surface area (Å²) in [6, 6.07) is 3.34. The predicted octanol–water partition coefficient (Wildman–Crippen LogP) is 0.359. The van der Waals surface area contributed by atoms with Crippen LogP contribution in [0.25, 0.3) is 0 Å². The van der Waals surface area contributed by atoms with Crippen LogP contribution in [0, 0.1) is 5.92 Å². The van der Waals surface area contributed by atoms with E-state index in [1.807, 2.05) is 13.8 Å². The standard InChI is InChI=1S/C18H23N3O6/c1-10(2)13(8-22)19-16(23)6-12-17(24)21(18(25)20-12)7-11-3-4-14-15(5-11)27-9-26-14/h3-5,10,12-13,22H,6-9H2,1-2H3,(H,19,23)(H,20,25)/t12-,13-/m1/s1. The van der Waals surface area contributed by atoms with E-state index in [9.17, 15) is 19.5 Å². The fourth-order valence-electron chi connectivity index (χ4n) is 2.96. The lowest BCUT2D eigenvalue weighted by molar-refractivity contribution is -0.131. The van der Waals surface area contributed by atoms with Crippen molar-refractivity contribution in [3.63, 3.8) is 0 Å². The second kappa shape index (κ2) is 7.83. The van der Waals surface area contributed by atoms with Crippen molar-refractivity contribution in [1.29, 1.82) is 0 Å². The second-order valence-corrected chi connectivity index (χ2v) is 6.92. The predicted molar refractivity (Wildman–Crippen MR) is 93.9 cm³/mol. The molecular weight excluding hydrogens is 354 g/mol. The normalized spacial score (nSPS) is 19.4. The molecule has 0 aliphatic carbocycles. The highest BCUT2D eigenvalue weighted by atomic mass is 16.7. The first-order valence-electron chi connectivity index (χ1n) is 8.79. The first-order valence-corrected chi connectivity index (χ1v) is 8.79. The summed E-state index contributed by atoms with van der Waals surface area (Å²) >= 11 is 0. The van der Waals surface area contributed by atoms with Gasteiger partial charge in [-0.05, 0) is 23.6 Å². The van der Waals surface area contributed by atoms with E-state index in [0.29, 0.717) is 17.1 Å². The molecule has 1 saturated heterocycles. The topological polar surface area (TPSA) is 117 Å². The number of nitrogens with zero attached hydrogens (tertiary/aromatic N) is 1. The third kappa shape index (κ3) is 4.13. The number of imide groups is 1. The van der Waals surface area contributed by atoms with Crippen molar-refractivity contribution in [1.82, 2.24) is 15.5 Å². The number of amides is 4. The number of aliphatic hydroxyl groups excluding tert-OH is 1. The number of benzene rings is 1. The van der Waals surface area contributed by atoms with E-state index < -0.39 is 29.9 Å². The first-order chi connectivity index (χ1) is 12.9. The molecule has 2 atom stereocenters. The first kappa shape index (κ1) is 19.0. The number of rotatable bonds is 7. The summed E-state index contributed by atoms with van der Waals surface area (Å²) < 4.78 is 10.5. The maximum absolute atomic E-state index is 12.5. The monoisotopic (exact) mass is 377 g/mol. The SMILES string of the molecule is CC(C)[C@@H](CO)NC(=O)C[C@H]1NC(=O)N(Cc2ccc3c(c2)OCO3)C1=O. The smallest absolute Gasteiger partial charge is 0.325 e. The molecule has 2 heterocycles. The molecule has 4 amide bonds. The van der Waals surface area contributed by atoms with Gasteiger partial charge in [-0.25, -0.2) is 4.79 Å². The van der Waals surface area contributed by atoms with Crippen LogP contribution in [0.3, 0.4) is 0 Å². The van der Waals surface area contributed by atoms with Crippen LogP contribution in [0.1, 0.15) is 25.8 Å². The summed E-state index contributed by atoms with van der Waals surface area (Å²) in [4.78, 5) is 37.9. The van der Waals surface area contributed by atoms with E-state index in [-0.39, 0.29) is 32.3 Å². The van der Waals surface area contributed by atoms with Gasteiger partial charge in [0.05, 0.1) is 25.6 Å². The van der Waals surface area contributed by atoms with Crippen LogP contribution in [0.2, 0.25) is 0 Å². The Hall–Kier alpha value is -2.81. The molecule has 1 aromatic carbocycles. The maximum Gasteiger partial charge on any atom is 0.325 e. The molecule has 0 bridgehead atoms. The zero-order valence-corrected chi connectivity index (χ0v) is 15.2. The van der Waals surface area contributed by atoms with Gasteiger partial charge in [0.1, 0.15) is 6.04 Å². The van der Waals surface area contributed by atoms with Crippen molar-refractivity contribution in [3.8, 4) is 11.5 Å². The zero-order chi connectivity index (χ0) is 19.6. The number of carbonyl (C=O) groups is 3. The molecular formula is C18H23N3O6. The summed E-state index contributed by atoms with van der Waals surface area (Å²) in [5.74, 6) is 0.382. The largest absolute Gasteiger partial charge is 0.454 e. The molecule has 0 spiro atoms. The van der Waals surface area contributed by atoms with Crippen molar-refractivity contribution in [2.24, 2.45) is 5.92 Å². The highest BCUT2D eigenvalue weighted by molar-refractivity contribution is 6.05. The minimum Gasteiger partial charge on any atom is -0.454 e. The quantitative estimate of drug-likeness (QED) is 0.591. The third-order valence-corrected chi connectivity index (χ3v) is 4.62. The van der Waals surface area contributed by atoms with Gasteiger partial charge < -0.3 is 25.2 Å². The van der Waals surface area contributed by atoms with E-state index in [2.05, 4.69) is 10.6 Å². The fraction of sp³-hybridized carbons (Fsp3) is 0.500. The van der Waals surface area contributed by atoms with Crippen LogP contribution >= 0.6 is 0 Å². The fourth-order valence-corrected chi connectivity index (χ4v) is 2.96. The molecule has 1 aromatic rings. The Morgan fingerprint density at radius 1 is 1.33 bits per heavy atom. The molecule has 0 aromatic heterocycles. The number of carbonyl (C=O) groups excluding carboxylic acids is 3. The van der Waals surface area contributed by atoms with Gasteiger partial charge in [0, 0.05) is 0 Å². The number of ether oxygens (including phenoxy) is 2. The zero-order valence-electron chi connectivity index (χ0n) is 15.2. The van der Waals surface area contributed by atoms with E-state index in [0.717, 1.165) is 4.90 Å². The number of aliphatic hydroxyl groups is 1. The molecule has 3 N–H and O–H groups in total. The average molecular weight is 377 g/mol. The molecule has 2 aliphatic rings. The highest BCUT2D eigenvalue weighted by Gasteiger charge is 2.39.